The third kappa shape index (κ3) is 6.48. The van der Waals surface area contributed by atoms with E-state index in [1.807, 2.05) is 24.3 Å². The Labute approximate surface area is 194 Å². The number of hydrogen-bond donors (Lipinski definition) is 3. The van der Waals surface area contributed by atoms with Gasteiger partial charge < -0.3 is 10.6 Å². The van der Waals surface area contributed by atoms with Crippen LogP contribution in [0.1, 0.15) is 30.9 Å². The molecule has 3 aromatic carbocycles. The summed E-state index contributed by atoms with van der Waals surface area (Å²) >= 11 is 5.86. The van der Waals surface area contributed by atoms with Gasteiger partial charge in [0.2, 0.25) is 0 Å². The van der Waals surface area contributed by atoms with Crippen LogP contribution >= 0.6 is 11.6 Å². The van der Waals surface area contributed by atoms with Crippen LogP contribution in [0.25, 0.3) is 0 Å². The molecule has 0 spiro atoms. The lowest BCUT2D eigenvalue weighted by molar-refractivity contribution is 0.262. The van der Waals surface area contributed by atoms with Gasteiger partial charge >= 0.3 is 6.03 Å². The first-order chi connectivity index (χ1) is 15.3. The van der Waals surface area contributed by atoms with Crippen LogP contribution in [-0.2, 0) is 16.4 Å². The maximum Gasteiger partial charge on any atom is 0.323 e. The number of carbonyl (C=O) groups excluding carboxylic acids is 1. The highest BCUT2D eigenvalue weighted by atomic mass is 35.5. The van der Waals surface area contributed by atoms with Gasteiger partial charge in [0, 0.05) is 22.1 Å². The summed E-state index contributed by atoms with van der Waals surface area (Å²) in [6, 6.07) is 18.3. The molecule has 168 valence electrons. The predicted octanol–water partition coefficient (Wildman–Crippen LogP) is 6.44. The lowest BCUT2D eigenvalue weighted by Crippen LogP contribution is -2.20. The zero-order valence-electron chi connectivity index (χ0n) is 18.0. The van der Waals surface area contributed by atoms with Gasteiger partial charge in [-0.25, -0.2) is 13.2 Å². The van der Waals surface area contributed by atoms with Crippen molar-refractivity contribution in [3.05, 3.63) is 82.9 Å². The molecule has 0 aromatic heterocycles. The number of benzene rings is 3. The summed E-state index contributed by atoms with van der Waals surface area (Å²) in [7, 11) is -3.85. The minimum atomic E-state index is -3.85. The quantitative estimate of drug-likeness (QED) is 0.353. The molecule has 32 heavy (non-hydrogen) atoms. The molecular weight excluding hydrogens is 446 g/mol. The third-order valence-electron chi connectivity index (χ3n) is 4.86. The lowest BCUT2D eigenvalue weighted by Gasteiger charge is -2.13. The molecule has 8 heteroatoms. The number of aryl methyl sites for hydroxylation is 2. The van der Waals surface area contributed by atoms with E-state index in [-0.39, 0.29) is 4.90 Å². The predicted molar refractivity (Wildman–Crippen MR) is 131 cm³/mol. The van der Waals surface area contributed by atoms with E-state index in [1.165, 1.54) is 11.6 Å². The van der Waals surface area contributed by atoms with Crippen molar-refractivity contribution >= 4 is 44.7 Å². The number of urea groups is 1. The fourth-order valence-corrected chi connectivity index (χ4v) is 4.58. The van der Waals surface area contributed by atoms with Gasteiger partial charge in [0.15, 0.2) is 0 Å². The summed E-state index contributed by atoms with van der Waals surface area (Å²) < 4.78 is 28.3. The normalized spacial score (nSPS) is 11.1. The monoisotopic (exact) mass is 471 g/mol. The molecule has 0 radical (unpaired) electrons. The zero-order chi connectivity index (χ0) is 23.1. The molecule has 0 unspecified atom stereocenters. The fraction of sp³-hybridized carbons (Fsp3) is 0.208. The van der Waals surface area contributed by atoms with E-state index < -0.39 is 16.1 Å². The average molecular weight is 472 g/mol. The van der Waals surface area contributed by atoms with Gasteiger partial charge in [0.25, 0.3) is 10.0 Å². The number of anilines is 3. The molecule has 0 aliphatic rings. The van der Waals surface area contributed by atoms with E-state index in [1.54, 1.807) is 43.3 Å². The van der Waals surface area contributed by atoms with E-state index in [4.69, 9.17) is 11.6 Å². The minimum Gasteiger partial charge on any atom is -0.308 e. The number of sulfonamides is 1. The molecule has 0 heterocycles. The Morgan fingerprint density at radius 3 is 2.12 bits per heavy atom. The average Bonchev–Trinajstić information content (AvgIpc) is 2.76. The summed E-state index contributed by atoms with van der Waals surface area (Å²) in [6.07, 6.45) is 3.26. The van der Waals surface area contributed by atoms with Gasteiger partial charge in [0.1, 0.15) is 0 Å². The molecule has 0 aliphatic heterocycles. The smallest absolute Gasteiger partial charge is 0.308 e. The van der Waals surface area contributed by atoms with Crippen LogP contribution < -0.4 is 15.4 Å². The first-order valence-electron chi connectivity index (χ1n) is 10.3. The van der Waals surface area contributed by atoms with E-state index in [2.05, 4.69) is 22.3 Å². The van der Waals surface area contributed by atoms with E-state index >= 15 is 0 Å². The molecule has 6 nitrogen and oxygen atoms in total. The van der Waals surface area contributed by atoms with Crippen LogP contribution in [0.4, 0.5) is 21.9 Å². The second kappa shape index (κ2) is 10.5. The van der Waals surface area contributed by atoms with Crippen molar-refractivity contribution in [3.63, 3.8) is 0 Å². The molecule has 3 N–H and O–H groups in total. The Balaban J connectivity index is 1.69. The summed E-state index contributed by atoms with van der Waals surface area (Å²) in [6.45, 7) is 3.84. The third-order valence-corrected chi connectivity index (χ3v) is 6.64. The number of rotatable bonds is 8. The largest absolute Gasteiger partial charge is 0.323 e. The molecule has 0 fully saturated rings. The molecule has 0 aliphatic carbocycles. The van der Waals surface area contributed by atoms with Crippen LogP contribution in [0.5, 0.6) is 0 Å². The van der Waals surface area contributed by atoms with Crippen LogP contribution in [0.15, 0.2) is 71.6 Å². The number of nitrogens with one attached hydrogen (secondary N) is 3. The second-order valence-electron chi connectivity index (χ2n) is 7.47. The summed E-state index contributed by atoms with van der Waals surface area (Å²) in [5.74, 6) is 0. The van der Waals surface area contributed by atoms with E-state index in [9.17, 15) is 13.2 Å². The number of halogens is 1. The summed E-state index contributed by atoms with van der Waals surface area (Å²) in [4.78, 5) is 12.5. The number of hydrogen-bond acceptors (Lipinski definition) is 3. The topological polar surface area (TPSA) is 87.3 Å². The van der Waals surface area contributed by atoms with Gasteiger partial charge in [-0.1, -0.05) is 43.1 Å². The second-order valence-corrected chi connectivity index (χ2v) is 9.56. The van der Waals surface area contributed by atoms with Crippen molar-refractivity contribution in [2.24, 2.45) is 0 Å². The summed E-state index contributed by atoms with van der Waals surface area (Å²) in [5.41, 5.74) is 3.20. The Bertz CT molecular complexity index is 1180. The van der Waals surface area contributed by atoms with Crippen molar-refractivity contribution in [1.82, 2.24) is 0 Å². The van der Waals surface area contributed by atoms with Crippen molar-refractivity contribution in [2.75, 3.05) is 15.4 Å². The molecule has 3 rings (SSSR count). The van der Waals surface area contributed by atoms with Crippen molar-refractivity contribution in [1.29, 1.82) is 0 Å². The number of unbranched alkanes of at least 4 members (excludes halogenated alkanes) is 1. The number of amides is 2. The lowest BCUT2D eigenvalue weighted by atomic mass is 10.1. The van der Waals surface area contributed by atoms with Gasteiger partial charge in [-0.3, -0.25) is 4.72 Å². The highest BCUT2D eigenvalue weighted by Gasteiger charge is 2.18. The fourth-order valence-electron chi connectivity index (χ4n) is 3.12. The maximum absolute atomic E-state index is 12.9. The molecule has 3 aromatic rings. The molecule has 0 bridgehead atoms. The molecule has 0 saturated heterocycles. The molecule has 0 saturated carbocycles. The first kappa shape index (κ1) is 23.6. The highest BCUT2D eigenvalue weighted by Crippen LogP contribution is 2.24. The van der Waals surface area contributed by atoms with Gasteiger partial charge in [-0.05, 0) is 79.4 Å². The Kier molecular flexibility index (Phi) is 7.77. The highest BCUT2D eigenvalue weighted by molar-refractivity contribution is 7.92. The van der Waals surface area contributed by atoms with Gasteiger partial charge in [0.05, 0.1) is 4.90 Å². The zero-order valence-corrected chi connectivity index (χ0v) is 19.6. The molecular formula is C24H26ClN3O3S. The van der Waals surface area contributed by atoms with Gasteiger partial charge in [-0.2, -0.15) is 0 Å². The van der Waals surface area contributed by atoms with Gasteiger partial charge in [-0.15, -0.1) is 0 Å². The van der Waals surface area contributed by atoms with E-state index in [0.29, 0.717) is 27.6 Å². The molecule has 2 amide bonds. The Morgan fingerprint density at radius 1 is 0.875 bits per heavy atom. The van der Waals surface area contributed by atoms with Crippen LogP contribution in [-0.4, -0.2) is 14.4 Å². The Morgan fingerprint density at radius 2 is 1.47 bits per heavy atom. The first-order valence-corrected chi connectivity index (χ1v) is 12.2. The van der Waals surface area contributed by atoms with Crippen LogP contribution in [0.3, 0.4) is 0 Å². The van der Waals surface area contributed by atoms with Crippen molar-refractivity contribution in [2.45, 2.75) is 38.0 Å². The summed E-state index contributed by atoms with van der Waals surface area (Å²) in [5, 5.41) is 5.97. The number of carbonyl (C=O) groups is 1. The molecule has 0 atom stereocenters. The minimum absolute atomic E-state index is 0.0746. The van der Waals surface area contributed by atoms with Crippen molar-refractivity contribution < 1.29 is 13.2 Å². The maximum atomic E-state index is 12.9. The van der Waals surface area contributed by atoms with Crippen molar-refractivity contribution in [3.8, 4) is 0 Å². The van der Waals surface area contributed by atoms with Crippen LogP contribution in [0.2, 0.25) is 5.02 Å². The van der Waals surface area contributed by atoms with E-state index in [0.717, 1.165) is 19.3 Å². The standard InChI is InChI=1S/C24H26ClN3O3S/c1-3-4-5-18-7-12-20(13-8-18)26-24(29)27-22-11-6-17(2)23(16-22)32(30,31)28-21-14-9-19(25)10-15-21/h6-16,28H,3-5H2,1-2H3,(H2,26,27,29). The SMILES string of the molecule is CCCCc1ccc(NC(=O)Nc2ccc(C)c(S(=O)(=O)Nc3ccc(Cl)cc3)c2)cc1. The van der Waals surface area contributed by atoms with Crippen LogP contribution in [0, 0.1) is 6.92 Å². The Hall–Kier alpha value is -3.03.